The highest BCUT2D eigenvalue weighted by molar-refractivity contribution is 6.32. The Hall–Kier alpha value is -0.300. The molecule has 0 saturated carbocycles. The first kappa shape index (κ1) is 12.8. The Labute approximate surface area is 97.9 Å². The van der Waals surface area contributed by atoms with Crippen LogP contribution in [0.4, 0.5) is 0 Å². The van der Waals surface area contributed by atoms with Gasteiger partial charge < -0.3 is 0 Å². The molecule has 86 valence electrons. The maximum absolute atomic E-state index is 11.0. The van der Waals surface area contributed by atoms with Crippen LogP contribution < -0.4 is 0 Å². The van der Waals surface area contributed by atoms with Crippen LogP contribution in [0.15, 0.2) is 10.6 Å². The summed E-state index contributed by atoms with van der Waals surface area (Å²) in [4.78, 5) is 11.0. The fourth-order valence-corrected chi connectivity index (χ4v) is 3.24. The molecule has 1 unspecified atom stereocenters. The predicted molar refractivity (Wildman–Crippen MR) is 64.8 cm³/mol. The van der Waals surface area contributed by atoms with Crippen molar-refractivity contribution in [2.45, 2.75) is 41.0 Å². The number of carbonyl (C=O) groups is 1. The highest BCUT2D eigenvalue weighted by atomic mass is 35.5. The third-order valence-electron chi connectivity index (χ3n) is 4.11. The van der Waals surface area contributed by atoms with Crippen LogP contribution in [0.5, 0.6) is 0 Å². The first-order chi connectivity index (χ1) is 6.85. The molecule has 2 atom stereocenters. The van der Waals surface area contributed by atoms with Gasteiger partial charge in [-0.3, -0.25) is 4.79 Å². The lowest BCUT2D eigenvalue weighted by Gasteiger charge is -2.38. The Bertz CT molecular complexity index is 291. The molecular formula is C13H21ClO. The summed E-state index contributed by atoms with van der Waals surface area (Å²) in [6, 6.07) is 0. The first-order valence-corrected chi connectivity index (χ1v) is 6.07. The molecule has 0 N–H and O–H groups in total. The third kappa shape index (κ3) is 1.87. The van der Waals surface area contributed by atoms with E-state index in [9.17, 15) is 4.79 Å². The molecule has 0 aromatic heterocycles. The summed E-state index contributed by atoms with van der Waals surface area (Å²) in [6.07, 6.45) is 1.78. The van der Waals surface area contributed by atoms with E-state index >= 15 is 0 Å². The summed E-state index contributed by atoms with van der Waals surface area (Å²) in [5.74, 6) is 1.52. The molecule has 0 saturated heterocycles. The summed E-state index contributed by atoms with van der Waals surface area (Å²) in [7, 11) is 0. The van der Waals surface area contributed by atoms with E-state index in [4.69, 9.17) is 11.6 Å². The van der Waals surface area contributed by atoms with Gasteiger partial charge in [0.15, 0.2) is 0 Å². The summed E-state index contributed by atoms with van der Waals surface area (Å²) in [5.41, 5.74) is 0.790. The Kier molecular flexibility index (Phi) is 3.65. The van der Waals surface area contributed by atoms with Crippen LogP contribution in [0.25, 0.3) is 0 Å². The standard InChI is InChI=1S/C13H21ClO/c1-8(2)11-6-10(7-15)12(14)13(11,5)9(3)4/h7-9,11H,6H2,1-5H3/t11?,13-/m0/s1. The van der Waals surface area contributed by atoms with Gasteiger partial charge in [0.1, 0.15) is 6.29 Å². The smallest absolute Gasteiger partial charge is 0.147 e. The topological polar surface area (TPSA) is 17.1 Å². The van der Waals surface area contributed by atoms with E-state index in [-0.39, 0.29) is 5.41 Å². The zero-order chi connectivity index (χ0) is 11.8. The van der Waals surface area contributed by atoms with Crippen LogP contribution in [0.2, 0.25) is 0 Å². The largest absolute Gasteiger partial charge is 0.298 e. The van der Waals surface area contributed by atoms with Crippen LogP contribution in [-0.4, -0.2) is 6.29 Å². The van der Waals surface area contributed by atoms with Gasteiger partial charge >= 0.3 is 0 Å². The minimum absolute atomic E-state index is 0.0219. The van der Waals surface area contributed by atoms with Crippen molar-refractivity contribution in [1.82, 2.24) is 0 Å². The molecule has 0 aromatic rings. The van der Waals surface area contributed by atoms with E-state index in [0.29, 0.717) is 17.8 Å². The van der Waals surface area contributed by atoms with Gasteiger partial charge in [0.25, 0.3) is 0 Å². The summed E-state index contributed by atoms with van der Waals surface area (Å²) in [5, 5.41) is 0.797. The molecule has 1 aliphatic carbocycles. The molecule has 0 aromatic carbocycles. The second kappa shape index (κ2) is 4.29. The van der Waals surface area contributed by atoms with Gasteiger partial charge in [-0.1, -0.05) is 46.2 Å². The first-order valence-electron chi connectivity index (χ1n) is 5.70. The molecule has 0 amide bonds. The van der Waals surface area contributed by atoms with Gasteiger partial charge in [-0.15, -0.1) is 0 Å². The molecule has 0 heterocycles. The number of halogens is 1. The Morgan fingerprint density at radius 2 is 1.93 bits per heavy atom. The number of allylic oxidation sites excluding steroid dienone is 2. The van der Waals surface area contributed by atoms with Crippen molar-refractivity contribution in [3.05, 3.63) is 10.6 Å². The lowest BCUT2D eigenvalue weighted by molar-refractivity contribution is -0.105. The second-order valence-electron chi connectivity index (χ2n) is 5.45. The van der Waals surface area contributed by atoms with Crippen molar-refractivity contribution in [1.29, 1.82) is 0 Å². The lowest BCUT2D eigenvalue weighted by Crippen LogP contribution is -2.32. The molecule has 0 aliphatic heterocycles. The highest BCUT2D eigenvalue weighted by Crippen LogP contribution is 2.55. The number of aldehydes is 1. The molecule has 0 spiro atoms. The van der Waals surface area contributed by atoms with E-state index in [2.05, 4.69) is 34.6 Å². The maximum atomic E-state index is 11.0. The quantitative estimate of drug-likeness (QED) is 0.667. The molecule has 2 heteroatoms. The van der Waals surface area contributed by atoms with Gasteiger partial charge in [0.2, 0.25) is 0 Å². The van der Waals surface area contributed by atoms with Crippen molar-refractivity contribution < 1.29 is 4.79 Å². The van der Waals surface area contributed by atoms with Crippen molar-refractivity contribution >= 4 is 17.9 Å². The van der Waals surface area contributed by atoms with Crippen molar-refractivity contribution in [3.63, 3.8) is 0 Å². The van der Waals surface area contributed by atoms with E-state index < -0.39 is 0 Å². The van der Waals surface area contributed by atoms with Crippen LogP contribution in [0.3, 0.4) is 0 Å². The fraction of sp³-hybridized carbons (Fsp3) is 0.769. The van der Waals surface area contributed by atoms with Crippen LogP contribution in [0, 0.1) is 23.2 Å². The molecule has 0 bridgehead atoms. The molecule has 1 nitrogen and oxygen atoms in total. The van der Waals surface area contributed by atoms with Crippen LogP contribution in [-0.2, 0) is 4.79 Å². The Morgan fingerprint density at radius 1 is 1.40 bits per heavy atom. The monoisotopic (exact) mass is 228 g/mol. The Balaban J connectivity index is 3.16. The minimum atomic E-state index is -0.0219. The summed E-state index contributed by atoms with van der Waals surface area (Å²) in [6.45, 7) is 11.0. The molecule has 15 heavy (non-hydrogen) atoms. The third-order valence-corrected chi connectivity index (χ3v) is 4.76. The average Bonchev–Trinajstić information content (AvgIpc) is 2.41. The van der Waals surface area contributed by atoms with Crippen molar-refractivity contribution in [2.75, 3.05) is 0 Å². The fourth-order valence-electron chi connectivity index (χ4n) is 2.76. The second-order valence-corrected chi connectivity index (χ2v) is 5.83. The molecule has 1 aliphatic rings. The normalized spacial score (nSPS) is 31.9. The van der Waals surface area contributed by atoms with Crippen LogP contribution >= 0.6 is 11.6 Å². The molecule has 0 radical (unpaired) electrons. The summed E-state index contributed by atoms with van der Waals surface area (Å²) >= 11 is 6.37. The van der Waals surface area contributed by atoms with E-state index in [1.807, 2.05) is 0 Å². The number of carbonyl (C=O) groups excluding carboxylic acids is 1. The van der Waals surface area contributed by atoms with Crippen molar-refractivity contribution in [3.8, 4) is 0 Å². The number of rotatable bonds is 3. The van der Waals surface area contributed by atoms with Gasteiger partial charge in [-0.2, -0.15) is 0 Å². The number of hydrogen-bond acceptors (Lipinski definition) is 1. The van der Waals surface area contributed by atoms with Crippen molar-refractivity contribution in [2.24, 2.45) is 23.2 Å². The predicted octanol–water partition coefficient (Wildman–Crippen LogP) is 4.02. The minimum Gasteiger partial charge on any atom is -0.298 e. The molecular weight excluding hydrogens is 208 g/mol. The molecule has 0 fully saturated rings. The Morgan fingerprint density at radius 3 is 2.20 bits per heavy atom. The summed E-state index contributed by atoms with van der Waals surface area (Å²) < 4.78 is 0. The average molecular weight is 229 g/mol. The highest BCUT2D eigenvalue weighted by Gasteiger charge is 2.47. The zero-order valence-corrected chi connectivity index (χ0v) is 11.1. The maximum Gasteiger partial charge on any atom is 0.147 e. The van der Waals surface area contributed by atoms with E-state index in [1.54, 1.807) is 0 Å². The van der Waals surface area contributed by atoms with Gasteiger partial charge in [-0.25, -0.2) is 0 Å². The van der Waals surface area contributed by atoms with E-state index in [0.717, 1.165) is 23.3 Å². The van der Waals surface area contributed by atoms with Gasteiger partial charge in [0, 0.05) is 16.0 Å². The van der Waals surface area contributed by atoms with Gasteiger partial charge in [-0.05, 0) is 24.2 Å². The lowest BCUT2D eigenvalue weighted by atomic mass is 9.67. The molecule has 1 rings (SSSR count). The SMILES string of the molecule is CC(C)C1CC(C=O)=C(Cl)[C@@]1(C)C(C)C. The zero-order valence-electron chi connectivity index (χ0n) is 10.3. The van der Waals surface area contributed by atoms with Gasteiger partial charge in [0.05, 0.1) is 0 Å². The van der Waals surface area contributed by atoms with Crippen LogP contribution in [0.1, 0.15) is 41.0 Å². The van der Waals surface area contributed by atoms with E-state index in [1.165, 1.54) is 0 Å². The number of hydrogen-bond donors (Lipinski definition) is 0.